The van der Waals surface area contributed by atoms with Gasteiger partial charge < -0.3 is 14.8 Å². The number of esters is 1. The van der Waals surface area contributed by atoms with Crippen molar-refractivity contribution >= 4 is 18.0 Å². The monoisotopic (exact) mass is 314 g/mol. The Balaban J connectivity index is 2.01. The van der Waals surface area contributed by atoms with Crippen LogP contribution >= 0.6 is 0 Å². The number of nitrogens with zero attached hydrogens (tertiary/aromatic N) is 1. The van der Waals surface area contributed by atoms with E-state index in [0.29, 0.717) is 24.3 Å². The lowest BCUT2D eigenvalue weighted by molar-refractivity contribution is -0.117. The lowest BCUT2D eigenvalue weighted by Crippen LogP contribution is -2.32. The summed E-state index contributed by atoms with van der Waals surface area (Å²) in [5.74, 6) is -0.865. The zero-order valence-corrected chi connectivity index (χ0v) is 12.9. The Kier molecular flexibility index (Phi) is 5.89. The minimum atomic E-state index is -0.435. The molecule has 1 heterocycles. The van der Waals surface area contributed by atoms with Gasteiger partial charge in [0.25, 0.3) is 5.91 Å². The van der Waals surface area contributed by atoms with E-state index in [2.05, 4.69) is 10.1 Å². The third kappa shape index (κ3) is 4.66. The number of carbonyl (C=O) groups is 2. The Bertz CT molecular complexity index is 638. The van der Waals surface area contributed by atoms with Crippen molar-refractivity contribution < 1.29 is 19.1 Å². The fourth-order valence-electron chi connectivity index (χ4n) is 2.26. The minimum Gasteiger partial charge on any atom is -0.465 e. The first kappa shape index (κ1) is 16.7. The quantitative estimate of drug-likeness (QED) is 0.507. The van der Waals surface area contributed by atoms with Gasteiger partial charge in [-0.3, -0.25) is 4.79 Å². The lowest BCUT2D eigenvalue weighted by Gasteiger charge is -2.10. The first-order valence-electron chi connectivity index (χ1n) is 7.34. The van der Waals surface area contributed by atoms with E-state index in [1.54, 1.807) is 24.3 Å². The lowest BCUT2D eigenvalue weighted by atomic mass is 10.1. The molecule has 1 fully saturated rings. The molecule has 6 heteroatoms. The van der Waals surface area contributed by atoms with Gasteiger partial charge >= 0.3 is 5.97 Å². The molecule has 1 N–H and O–H groups in total. The van der Waals surface area contributed by atoms with E-state index in [4.69, 9.17) is 10.00 Å². The average molecular weight is 314 g/mol. The van der Waals surface area contributed by atoms with E-state index in [-0.39, 0.29) is 11.7 Å². The van der Waals surface area contributed by atoms with Gasteiger partial charge in [0.1, 0.15) is 11.6 Å². The maximum Gasteiger partial charge on any atom is 0.337 e. The third-order valence-electron chi connectivity index (χ3n) is 3.52. The van der Waals surface area contributed by atoms with E-state index in [0.717, 1.165) is 12.8 Å². The number of methoxy groups -OCH3 is 1. The molecule has 0 unspecified atom stereocenters. The van der Waals surface area contributed by atoms with Crippen LogP contribution in [0.3, 0.4) is 0 Å². The molecule has 6 nitrogen and oxygen atoms in total. The zero-order valence-electron chi connectivity index (χ0n) is 12.9. The molecule has 1 amide bonds. The molecule has 2 rings (SSSR count). The largest absolute Gasteiger partial charge is 0.465 e. The fourth-order valence-corrected chi connectivity index (χ4v) is 2.26. The molecule has 23 heavy (non-hydrogen) atoms. The summed E-state index contributed by atoms with van der Waals surface area (Å²) in [6.07, 6.45) is 3.42. The Labute approximate surface area is 134 Å². The highest BCUT2D eigenvalue weighted by atomic mass is 16.5. The van der Waals surface area contributed by atoms with Crippen molar-refractivity contribution in [1.82, 2.24) is 5.32 Å². The van der Waals surface area contributed by atoms with Crippen LogP contribution in [0.15, 0.2) is 29.8 Å². The van der Waals surface area contributed by atoms with Gasteiger partial charge in [0.15, 0.2) is 0 Å². The third-order valence-corrected chi connectivity index (χ3v) is 3.52. The Morgan fingerprint density at radius 1 is 1.43 bits per heavy atom. The number of nitrogens with one attached hydrogen (secondary N) is 1. The summed E-state index contributed by atoms with van der Waals surface area (Å²) in [7, 11) is 1.31. The topological polar surface area (TPSA) is 88.4 Å². The number of ether oxygens (including phenoxy) is 2. The van der Waals surface area contributed by atoms with E-state index in [9.17, 15) is 9.59 Å². The predicted molar refractivity (Wildman–Crippen MR) is 83.4 cm³/mol. The van der Waals surface area contributed by atoms with E-state index >= 15 is 0 Å². The zero-order chi connectivity index (χ0) is 16.7. The number of hydrogen-bond donors (Lipinski definition) is 1. The summed E-state index contributed by atoms with van der Waals surface area (Å²) in [5, 5.41) is 11.9. The van der Waals surface area contributed by atoms with Gasteiger partial charge in [-0.15, -0.1) is 0 Å². The number of nitriles is 1. The summed E-state index contributed by atoms with van der Waals surface area (Å²) in [6.45, 7) is 1.12. The molecule has 1 atom stereocenters. The molecule has 0 bridgehead atoms. The van der Waals surface area contributed by atoms with Gasteiger partial charge in [0.05, 0.1) is 18.8 Å². The van der Waals surface area contributed by atoms with Crippen molar-refractivity contribution in [1.29, 1.82) is 5.26 Å². The van der Waals surface area contributed by atoms with Crippen LogP contribution in [0.4, 0.5) is 0 Å². The molecule has 1 aliphatic heterocycles. The number of carbonyl (C=O) groups excluding carboxylic acids is 2. The highest BCUT2D eigenvalue weighted by molar-refractivity contribution is 6.01. The molecule has 1 aliphatic rings. The smallest absolute Gasteiger partial charge is 0.337 e. The first-order valence-corrected chi connectivity index (χ1v) is 7.34. The molecular formula is C17H18N2O4. The SMILES string of the molecule is COC(=O)c1ccc(/C=C(\C#N)C(=O)NC[C@H]2CCCO2)cc1. The van der Waals surface area contributed by atoms with Gasteiger partial charge in [-0.1, -0.05) is 12.1 Å². The van der Waals surface area contributed by atoms with Crippen molar-refractivity contribution in [3.05, 3.63) is 41.0 Å². The Morgan fingerprint density at radius 2 is 2.17 bits per heavy atom. The highest BCUT2D eigenvalue weighted by Gasteiger charge is 2.17. The second-order valence-electron chi connectivity index (χ2n) is 5.13. The Morgan fingerprint density at radius 3 is 2.74 bits per heavy atom. The maximum absolute atomic E-state index is 12.0. The van der Waals surface area contributed by atoms with Gasteiger partial charge in [-0.05, 0) is 36.6 Å². The van der Waals surface area contributed by atoms with Crippen molar-refractivity contribution in [3.8, 4) is 6.07 Å². The molecule has 1 saturated heterocycles. The maximum atomic E-state index is 12.0. The van der Waals surface area contributed by atoms with E-state index in [1.165, 1.54) is 13.2 Å². The van der Waals surface area contributed by atoms with E-state index < -0.39 is 11.9 Å². The van der Waals surface area contributed by atoms with Crippen LogP contribution in [0.2, 0.25) is 0 Å². The average Bonchev–Trinajstić information content (AvgIpc) is 3.11. The number of amides is 1. The highest BCUT2D eigenvalue weighted by Crippen LogP contribution is 2.12. The molecule has 0 aromatic heterocycles. The second-order valence-corrected chi connectivity index (χ2v) is 5.13. The summed E-state index contributed by atoms with van der Waals surface area (Å²) in [5.41, 5.74) is 1.07. The van der Waals surface area contributed by atoms with Gasteiger partial charge in [0, 0.05) is 13.2 Å². The normalized spacial score (nSPS) is 17.4. The van der Waals surface area contributed by atoms with Crippen molar-refractivity contribution in [2.45, 2.75) is 18.9 Å². The van der Waals surface area contributed by atoms with Crippen LogP contribution in [0.5, 0.6) is 0 Å². The standard InChI is InChI=1S/C17H18N2O4/c1-22-17(21)13-6-4-12(5-7-13)9-14(10-18)16(20)19-11-15-3-2-8-23-15/h4-7,9,15H,2-3,8,11H2,1H3,(H,19,20)/b14-9+/t15-/m1/s1. The first-order chi connectivity index (χ1) is 11.1. The number of rotatable bonds is 5. The molecule has 0 spiro atoms. The summed E-state index contributed by atoms with van der Waals surface area (Å²) in [4.78, 5) is 23.4. The summed E-state index contributed by atoms with van der Waals surface area (Å²) >= 11 is 0. The summed E-state index contributed by atoms with van der Waals surface area (Å²) < 4.78 is 10.0. The number of hydrogen-bond acceptors (Lipinski definition) is 5. The Hall–Kier alpha value is -2.65. The molecular weight excluding hydrogens is 296 g/mol. The molecule has 1 aromatic rings. The molecule has 0 aliphatic carbocycles. The van der Waals surface area contributed by atoms with Crippen LogP contribution in [-0.4, -0.2) is 38.2 Å². The van der Waals surface area contributed by atoms with Crippen LogP contribution in [0, 0.1) is 11.3 Å². The van der Waals surface area contributed by atoms with Gasteiger partial charge in [-0.25, -0.2) is 4.79 Å². The van der Waals surface area contributed by atoms with Crippen LogP contribution in [0.25, 0.3) is 6.08 Å². The van der Waals surface area contributed by atoms with Gasteiger partial charge in [0.2, 0.25) is 0 Å². The van der Waals surface area contributed by atoms with E-state index in [1.807, 2.05) is 6.07 Å². The second kappa shape index (κ2) is 8.11. The molecule has 0 radical (unpaired) electrons. The van der Waals surface area contributed by atoms with Crippen molar-refractivity contribution in [3.63, 3.8) is 0 Å². The van der Waals surface area contributed by atoms with Crippen LogP contribution < -0.4 is 5.32 Å². The van der Waals surface area contributed by atoms with Crippen LogP contribution in [-0.2, 0) is 14.3 Å². The minimum absolute atomic E-state index is 0.00816. The molecule has 1 aromatic carbocycles. The predicted octanol–water partition coefficient (Wildman–Crippen LogP) is 1.68. The van der Waals surface area contributed by atoms with Crippen LogP contribution in [0.1, 0.15) is 28.8 Å². The summed E-state index contributed by atoms with van der Waals surface area (Å²) in [6, 6.07) is 8.35. The molecule has 0 saturated carbocycles. The van der Waals surface area contributed by atoms with Gasteiger partial charge in [-0.2, -0.15) is 5.26 Å². The van der Waals surface area contributed by atoms with Crippen molar-refractivity contribution in [2.24, 2.45) is 0 Å². The fraction of sp³-hybridized carbons (Fsp3) is 0.353. The van der Waals surface area contributed by atoms with Crippen molar-refractivity contribution in [2.75, 3.05) is 20.3 Å². The molecule has 120 valence electrons. The number of benzene rings is 1.